The Morgan fingerprint density at radius 1 is 1.02 bits per heavy atom. The molecule has 1 N–H and O–H groups in total. The van der Waals surface area contributed by atoms with Crippen molar-refractivity contribution in [2.45, 2.75) is 129 Å². The lowest BCUT2D eigenvalue weighted by Crippen LogP contribution is -2.61. The number of benzene rings is 1. The van der Waals surface area contributed by atoms with Gasteiger partial charge in [-0.15, -0.1) is 6.42 Å². The van der Waals surface area contributed by atoms with Crippen LogP contribution >= 0.6 is 0 Å². The van der Waals surface area contributed by atoms with Crippen molar-refractivity contribution in [2.75, 3.05) is 20.7 Å². The molecular formula is C42H56N2O11. The number of Topliss-reactive ketones (excluding diaryl/α,β-unsaturated/α-hetero) is 2. The van der Waals surface area contributed by atoms with Gasteiger partial charge >= 0.3 is 18.0 Å². The number of rotatable bonds is 8. The minimum absolute atomic E-state index is 0.0122. The van der Waals surface area contributed by atoms with Crippen LogP contribution in [0.3, 0.4) is 0 Å². The molecule has 3 aliphatic heterocycles. The van der Waals surface area contributed by atoms with Crippen molar-refractivity contribution < 1.29 is 52.4 Å². The Bertz CT molecular complexity index is 1680. The van der Waals surface area contributed by atoms with Crippen LogP contribution in [0.1, 0.15) is 85.0 Å². The first-order valence-corrected chi connectivity index (χ1v) is 19.0. The second-order valence-corrected chi connectivity index (χ2v) is 15.7. The summed E-state index contributed by atoms with van der Waals surface area (Å²) in [5.41, 5.74) is -2.54. The van der Waals surface area contributed by atoms with Gasteiger partial charge in [-0.1, -0.05) is 51.8 Å². The Hall–Kier alpha value is -4.27. The molecule has 13 nitrogen and oxygen atoms in total. The van der Waals surface area contributed by atoms with Crippen molar-refractivity contribution in [1.29, 1.82) is 0 Å². The van der Waals surface area contributed by atoms with Crippen molar-refractivity contribution in [3.8, 4) is 24.2 Å². The fourth-order valence-electron chi connectivity index (χ4n) is 8.29. The van der Waals surface area contributed by atoms with Gasteiger partial charge < -0.3 is 38.6 Å². The number of esters is 2. The molecule has 300 valence electrons. The topological polar surface area (TPSA) is 156 Å². The Morgan fingerprint density at radius 3 is 2.31 bits per heavy atom. The van der Waals surface area contributed by atoms with Crippen LogP contribution in [0.15, 0.2) is 30.3 Å². The molecule has 3 fully saturated rings. The Balaban J connectivity index is 1.85. The van der Waals surface area contributed by atoms with Gasteiger partial charge in [-0.25, -0.2) is 9.59 Å². The number of alkyl carbamates (subject to hydrolysis) is 1. The van der Waals surface area contributed by atoms with Gasteiger partial charge in [0.25, 0.3) is 0 Å². The largest absolute Gasteiger partial charge is 0.458 e. The molecule has 0 saturated carbocycles. The number of terminal acetylenes is 1. The fraction of sp³-hybridized carbons (Fsp3) is 0.643. The summed E-state index contributed by atoms with van der Waals surface area (Å²) >= 11 is 0. The number of carbonyl (C=O) groups is 5. The molecule has 3 aliphatic rings. The molecule has 4 rings (SSSR count). The number of ether oxygens (including phenoxy) is 6. The summed E-state index contributed by atoms with van der Waals surface area (Å²) in [5.74, 6) is 1.47. The molecule has 0 radical (unpaired) electrons. The molecule has 0 unspecified atom stereocenters. The molecule has 1 aromatic rings. The van der Waals surface area contributed by atoms with Crippen molar-refractivity contribution in [2.24, 2.45) is 23.7 Å². The molecule has 13 heteroatoms. The molecule has 3 heterocycles. The summed E-state index contributed by atoms with van der Waals surface area (Å²) in [6.45, 7) is 13.3. The highest BCUT2D eigenvalue weighted by atomic mass is 16.7. The van der Waals surface area contributed by atoms with Crippen LogP contribution in [-0.2, 0) is 42.8 Å². The van der Waals surface area contributed by atoms with E-state index in [-0.39, 0.29) is 37.4 Å². The average Bonchev–Trinajstić information content (AvgIpc) is 3.47. The van der Waals surface area contributed by atoms with Crippen LogP contribution in [0.5, 0.6) is 0 Å². The first kappa shape index (κ1) is 43.5. The fourth-order valence-corrected chi connectivity index (χ4v) is 8.29. The van der Waals surface area contributed by atoms with Crippen molar-refractivity contribution in [3.05, 3.63) is 35.9 Å². The Morgan fingerprint density at radius 2 is 1.69 bits per heavy atom. The van der Waals surface area contributed by atoms with Crippen LogP contribution in [0.2, 0.25) is 0 Å². The molecule has 13 atom stereocenters. The van der Waals surface area contributed by atoms with Crippen LogP contribution < -0.4 is 5.32 Å². The van der Waals surface area contributed by atoms with E-state index in [1.807, 2.05) is 25.9 Å². The van der Waals surface area contributed by atoms with Gasteiger partial charge in [0.1, 0.15) is 24.4 Å². The number of nitrogens with zero attached hydrogens (tertiary/aromatic N) is 1. The van der Waals surface area contributed by atoms with Gasteiger partial charge in [0.2, 0.25) is 0 Å². The van der Waals surface area contributed by atoms with Gasteiger partial charge in [0.05, 0.1) is 35.5 Å². The highest BCUT2D eigenvalue weighted by Gasteiger charge is 2.57. The van der Waals surface area contributed by atoms with Crippen LogP contribution in [0.25, 0.3) is 0 Å². The predicted octanol–water partition coefficient (Wildman–Crippen LogP) is 4.35. The predicted molar refractivity (Wildman–Crippen MR) is 201 cm³/mol. The number of carbonyl (C=O) groups excluding carboxylic acids is 5. The molecule has 0 spiro atoms. The second-order valence-electron chi connectivity index (χ2n) is 15.7. The summed E-state index contributed by atoms with van der Waals surface area (Å²) < 4.78 is 37.6. The number of amides is 1. The number of cyclic esters (lactones) is 1. The molecule has 0 aromatic heterocycles. The van der Waals surface area contributed by atoms with Gasteiger partial charge in [-0.3, -0.25) is 14.4 Å². The molecular weight excluding hydrogens is 708 g/mol. The van der Waals surface area contributed by atoms with E-state index in [0.717, 1.165) is 0 Å². The summed E-state index contributed by atoms with van der Waals surface area (Å²) in [4.78, 5) is 70.9. The van der Waals surface area contributed by atoms with Gasteiger partial charge in [0.15, 0.2) is 23.8 Å². The summed E-state index contributed by atoms with van der Waals surface area (Å²) in [7, 11) is 3.73. The summed E-state index contributed by atoms with van der Waals surface area (Å²) in [6, 6.07) is 7.32. The normalized spacial score (nSPS) is 37.2. The lowest BCUT2D eigenvalue weighted by molar-refractivity contribution is -0.295. The van der Waals surface area contributed by atoms with E-state index in [1.54, 1.807) is 71.9 Å². The van der Waals surface area contributed by atoms with Crippen molar-refractivity contribution in [1.82, 2.24) is 10.2 Å². The monoisotopic (exact) mass is 764 g/mol. The van der Waals surface area contributed by atoms with Gasteiger partial charge in [-0.05, 0) is 85.0 Å². The third kappa shape index (κ3) is 9.58. The maximum atomic E-state index is 14.5. The number of hydrogen-bond donors (Lipinski definition) is 1. The second kappa shape index (κ2) is 18.1. The van der Waals surface area contributed by atoms with E-state index < -0.39 is 89.3 Å². The van der Waals surface area contributed by atoms with Gasteiger partial charge in [-0.2, -0.15) is 0 Å². The molecule has 0 aliphatic carbocycles. The lowest BCUT2D eigenvalue weighted by Gasteiger charge is -2.48. The molecule has 0 bridgehead atoms. The molecule has 1 aromatic carbocycles. The zero-order valence-corrected chi connectivity index (χ0v) is 33.6. The van der Waals surface area contributed by atoms with Crippen LogP contribution in [-0.4, -0.2) is 109 Å². The van der Waals surface area contributed by atoms with Crippen LogP contribution in [0.4, 0.5) is 4.79 Å². The molecule has 1 amide bonds. The smallest absolute Gasteiger partial charge is 0.408 e. The summed E-state index contributed by atoms with van der Waals surface area (Å²) in [6.07, 6.45) is 0.671. The maximum Gasteiger partial charge on any atom is 0.408 e. The first-order valence-electron chi connectivity index (χ1n) is 19.0. The number of ketones is 2. The number of hydrogen-bond acceptors (Lipinski definition) is 12. The van der Waals surface area contributed by atoms with Gasteiger partial charge in [0, 0.05) is 17.8 Å². The highest BCUT2D eigenvalue weighted by molar-refractivity contribution is 6.00. The standard InChI is InChI=1S/C42H56N2O11/c1-12-14-18-21-50-41(8)23-24(3)32(45)26(5)35-42(9,55-40(49)43-35)31(13-2)52-37(47)28(7)33(46)27(6)36(41)54-39-34(30(44(10)11)22-25(4)51-39)53-38(48)29-19-16-15-17-20-29/h1,15-17,19-20,24-28,30-31,34-36,39H,13,21-23H2,2-11H3,(H,43,49)/t24-,25-,26+,27+,28-,30+,31-,34-,35-,36-,39+,41+,42-/m1/s1. The minimum atomic E-state index is -1.46. The van der Waals surface area contributed by atoms with E-state index in [0.29, 0.717) is 12.0 Å². The maximum absolute atomic E-state index is 14.5. The van der Waals surface area contributed by atoms with E-state index >= 15 is 0 Å². The third-order valence-electron chi connectivity index (χ3n) is 11.3. The average molecular weight is 765 g/mol. The molecule has 55 heavy (non-hydrogen) atoms. The number of nitrogens with one attached hydrogen (secondary N) is 1. The van der Waals surface area contributed by atoms with E-state index in [2.05, 4.69) is 23.1 Å². The zero-order chi connectivity index (χ0) is 40.8. The summed E-state index contributed by atoms with van der Waals surface area (Å²) in [5, 5.41) is 2.77. The van der Waals surface area contributed by atoms with E-state index in [1.165, 1.54) is 6.92 Å². The lowest BCUT2D eigenvalue weighted by atomic mass is 9.73. The van der Waals surface area contributed by atoms with Crippen molar-refractivity contribution >= 4 is 29.6 Å². The Labute approximate surface area is 324 Å². The van der Waals surface area contributed by atoms with Crippen molar-refractivity contribution in [3.63, 3.8) is 0 Å². The SMILES string of the molecule is C#CC#CCO[C@@]1(C)C[C@@H](C)C(=O)[C@H](C)[C@H]2NC(=O)O[C@]2(C)[C@@H](CC)OC(=O)[C@H](C)C(=O)[C@H](C)[C@H]1O[C@@H]1O[C@H](C)C[C@H](N(C)C)[C@H]1OC(=O)c1ccccc1. The first-order chi connectivity index (χ1) is 25.9. The third-order valence-corrected chi connectivity index (χ3v) is 11.3. The molecule has 3 saturated heterocycles. The van der Waals surface area contributed by atoms with E-state index in [4.69, 9.17) is 34.8 Å². The van der Waals surface area contributed by atoms with E-state index in [9.17, 15) is 24.0 Å². The Kier molecular flexibility index (Phi) is 14.3. The number of fused-ring (bicyclic) bond motifs is 1. The zero-order valence-electron chi connectivity index (χ0n) is 33.6. The number of likely N-dealkylation sites (N-methyl/N-ethyl adjacent to an activating group) is 1. The minimum Gasteiger partial charge on any atom is -0.458 e. The van der Waals surface area contributed by atoms with Crippen LogP contribution in [0, 0.1) is 47.9 Å². The quantitative estimate of drug-likeness (QED) is 0.173. The highest BCUT2D eigenvalue weighted by Crippen LogP contribution is 2.40.